The normalized spacial score (nSPS) is 15.3. The molecule has 0 aliphatic rings. The summed E-state index contributed by atoms with van der Waals surface area (Å²) in [6.45, 7) is 6.17. The Morgan fingerprint density at radius 2 is 1.63 bits per heavy atom. The van der Waals surface area contributed by atoms with Crippen LogP contribution in [-0.2, 0) is 9.22 Å². The molecule has 0 aliphatic heterocycles. The SMILES string of the molecule is CC[Si](CC)(CC)OC(C)(C#CC(=O)O)C(F)(F)F. The molecule has 0 rings (SSSR count). The van der Waals surface area contributed by atoms with E-state index in [-0.39, 0.29) is 0 Å². The summed E-state index contributed by atoms with van der Waals surface area (Å²) >= 11 is 0. The first-order chi connectivity index (χ1) is 8.56. The van der Waals surface area contributed by atoms with E-state index in [9.17, 15) is 18.0 Å². The summed E-state index contributed by atoms with van der Waals surface area (Å²) in [5.74, 6) is 1.66. The van der Waals surface area contributed by atoms with Crippen LogP contribution >= 0.6 is 0 Å². The van der Waals surface area contributed by atoms with Crippen LogP contribution in [0.4, 0.5) is 13.2 Å². The Kier molecular flexibility index (Phi) is 6.10. The number of aliphatic carboxylic acids is 1. The van der Waals surface area contributed by atoms with E-state index < -0.39 is 26.1 Å². The molecule has 0 radical (unpaired) electrons. The molecule has 3 nitrogen and oxygen atoms in total. The number of carbonyl (C=O) groups is 1. The summed E-state index contributed by atoms with van der Waals surface area (Å²) in [6, 6.07) is 1.58. The Bertz CT molecular complexity index is 372. The zero-order valence-corrected chi connectivity index (χ0v) is 12.5. The van der Waals surface area contributed by atoms with Crippen LogP contribution in [0.1, 0.15) is 27.7 Å². The molecule has 0 aromatic rings. The van der Waals surface area contributed by atoms with Gasteiger partial charge in [-0.3, -0.25) is 0 Å². The monoisotopic (exact) mass is 296 g/mol. The van der Waals surface area contributed by atoms with Crippen molar-refractivity contribution in [3.63, 3.8) is 0 Å². The van der Waals surface area contributed by atoms with E-state index in [2.05, 4.69) is 0 Å². The van der Waals surface area contributed by atoms with Crippen LogP contribution in [0.15, 0.2) is 0 Å². The van der Waals surface area contributed by atoms with Gasteiger partial charge >= 0.3 is 12.1 Å². The molecule has 0 amide bonds. The largest absolute Gasteiger partial charge is 0.472 e. The smallest absolute Gasteiger partial charge is 0.427 e. The predicted octanol–water partition coefficient (Wildman–Crippen LogP) is 3.42. The standard InChI is InChI=1S/C12H19F3O3Si/c1-5-19(6-2,7-3)18-11(4,12(13,14)15)9-8-10(16)17/h5-7H2,1-4H3,(H,16,17). The second-order valence-electron chi connectivity index (χ2n) is 4.43. The molecule has 0 heterocycles. The Hall–Kier alpha value is -1.00. The van der Waals surface area contributed by atoms with E-state index in [1.165, 1.54) is 5.92 Å². The Labute approximate surface area is 112 Å². The second kappa shape index (κ2) is 6.44. The maximum Gasteiger partial charge on any atom is 0.427 e. The van der Waals surface area contributed by atoms with Crippen LogP contribution in [0.25, 0.3) is 0 Å². The Morgan fingerprint density at radius 3 is 1.89 bits per heavy atom. The van der Waals surface area contributed by atoms with Gasteiger partial charge in [0.15, 0.2) is 8.32 Å². The molecule has 0 spiro atoms. The van der Waals surface area contributed by atoms with Crippen LogP contribution in [0.2, 0.25) is 18.1 Å². The molecular formula is C12H19F3O3Si. The van der Waals surface area contributed by atoms with Gasteiger partial charge in [-0.2, -0.15) is 13.2 Å². The second-order valence-corrected chi connectivity index (χ2v) is 9.12. The summed E-state index contributed by atoms with van der Waals surface area (Å²) in [5, 5.41) is 8.43. The first kappa shape index (κ1) is 18.0. The highest BCUT2D eigenvalue weighted by Crippen LogP contribution is 2.38. The van der Waals surface area contributed by atoms with Crippen molar-refractivity contribution in [2.45, 2.75) is 57.6 Å². The molecule has 0 aromatic carbocycles. The lowest BCUT2D eigenvalue weighted by atomic mass is 10.1. The zero-order chi connectivity index (χ0) is 15.3. The predicted molar refractivity (Wildman–Crippen MR) is 68.2 cm³/mol. The van der Waals surface area contributed by atoms with Gasteiger partial charge in [0.1, 0.15) is 0 Å². The summed E-state index contributed by atoms with van der Waals surface area (Å²) < 4.78 is 44.7. The lowest BCUT2D eigenvalue weighted by Crippen LogP contribution is -2.53. The number of halogens is 3. The van der Waals surface area contributed by atoms with E-state index in [1.54, 1.807) is 26.7 Å². The fourth-order valence-electron chi connectivity index (χ4n) is 1.73. The van der Waals surface area contributed by atoms with Crippen molar-refractivity contribution in [1.82, 2.24) is 0 Å². The third-order valence-corrected chi connectivity index (χ3v) is 8.01. The minimum absolute atomic E-state index is 0.528. The van der Waals surface area contributed by atoms with Gasteiger partial charge in [-0.25, -0.2) is 4.79 Å². The summed E-state index contributed by atoms with van der Waals surface area (Å²) in [7, 11) is -2.55. The molecule has 110 valence electrons. The quantitative estimate of drug-likeness (QED) is 0.624. The lowest BCUT2D eigenvalue weighted by Gasteiger charge is -2.38. The maximum absolute atomic E-state index is 13.1. The first-order valence-corrected chi connectivity index (χ1v) is 8.61. The molecular weight excluding hydrogens is 277 g/mol. The molecule has 0 aromatic heterocycles. The summed E-state index contributed by atoms with van der Waals surface area (Å²) in [5.41, 5.74) is -2.72. The molecule has 1 atom stereocenters. The van der Waals surface area contributed by atoms with Gasteiger partial charge in [-0.15, -0.1) is 0 Å². The molecule has 19 heavy (non-hydrogen) atoms. The third-order valence-electron chi connectivity index (χ3n) is 3.30. The van der Waals surface area contributed by atoms with Gasteiger partial charge in [0.05, 0.1) is 0 Å². The first-order valence-electron chi connectivity index (χ1n) is 6.08. The van der Waals surface area contributed by atoms with E-state index in [1.807, 2.05) is 0 Å². The molecule has 0 bridgehead atoms. The maximum atomic E-state index is 13.1. The van der Waals surface area contributed by atoms with Crippen molar-refractivity contribution in [2.24, 2.45) is 0 Å². The minimum atomic E-state index is -4.73. The molecule has 1 unspecified atom stereocenters. The highest BCUT2D eigenvalue weighted by atomic mass is 28.4. The highest BCUT2D eigenvalue weighted by molar-refractivity contribution is 6.73. The molecule has 1 N–H and O–H groups in total. The number of hydrogen-bond acceptors (Lipinski definition) is 2. The number of rotatable bonds is 5. The minimum Gasteiger partial charge on any atom is -0.472 e. The fourth-order valence-corrected chi connectivity index (χ4v) is 4.69. The van der Waals surface area contributed by atoms with E-state index in [0.717, 1.165) is 6.92 Å². The van der Waals surface area contributed by atoms with Crippen molar-refractivity contribution >= 4 is 14.3 Å². The molecule has 0 fully saturated rings. The average Bonchev–Trinajstić information content (AvgIpc) is 2.32. The van der Waals surface area contributed by atoms with Crippen molar-refractivity contribution in [3.05, 3.63) is 0 Å². The van der Waals surface area contributed by atoms with Crippen LogP contribution in [0.3, 0.4) is 0 Å². The van der Waals surface area contributed by atoms with E-state index >= 15 is 0 Å². The van der Waals surface area contributed by atoms with Crippen LogP contribution in [0.5, 0.6) is 0 Å². The van der Waals surface area contributed by atoms with Gasteiger partial charge in [0.25, 0.3) is 0 Å². The molecule has 7 heteroatoms. The van der Waals surface area contributed by atoms with Gasteiger partial charge in [-0.05, 0) is 31.0 Å². The van der Waals surface area contributed by atoms with Crippen molar-refractivity contribution in [2.75, 3.05) is 0 Å². The summed E-state index contributed by atoms with van der Waals surface area (Å²) in [6.07, 6.45) is -4.73. The van der Waals surface area contributed by atoms with Crippen LogP contribution in [-0.4, -0.2) is 31.2 Å². The average molecular weight is 296 g/mol. The Morgan fingerprint density at radius 1 is 1.21 bits per heavy atom. The topological polar surface area (TPSA) is 46.5 Å². The Balaban J connectivity index is 5.54. The third kappa shape index (κ3) is 4.55. The van der Waals surface area contributed by atoms with Crippen LogP contribution < -0.4 is 0 Å². The number of hydrogen-bond donors (Lipinski definition) is 1. The fraction of sp³-hybridized carbons (Fsp3) is 0.750. The lowest BCUT2D eigenvalue weighted by molar-refractivity contribution is -0.222. The van der Waals surface area contributed by atoms with Crippen molar-refractivity contribution in [3.8, 4) is 11.8 Å². The van der Waals surface area contributed by atoms with Gasteiger partial charge in [-0.1, -0.05) is 20.8 Å². The number of alkyl halides is 3. The summed E-state index contributed by atoms with van der Waals surface area (Å²) in [4.78, 5) is 10.4. The highest BCUT2D eigenvalue weighted by Gasteiger charge is 2.55. The number of carboxylic acid groups (broad SMARTS) is 1. The zero-order valence-electron chi connectivity index (χ0n) is 11.5. The van der Waals surface area contributed by atoms with Gasteiger partial charge < -0.3 is 9.53 Å². The van der Waals surface area contributed by atoms with Crippen molar-refractivity contribution in [1.29, 1.82) is 0 Å². The molecule has 0 aliphatic carbocycles. The van der Waals surface area contributed by atoms with Gasteiger partial charge in [0, 0.05) is 5.92 Å². The van der Waals surface area contributed by atoms with E-state index in [4.69, 9.17) is 9.53 Å². The van der Waals surface area contributed by atoms with Crippen LogP contribution in [0, 0.1) is 11.8 Å². The van der Waals surface area contributed by atoms with Gasteiger partial charge in [0.2, 0.25) is 5.60 Å². The van der Waals surface area contributed by atoms with E-state index in [0.29, 0.717) is 18.1 Å². The van der Waals surface area contributed by atoms with Crippen molar-refractivity contribution < 1.29 is 27.5 Å². The number of carboxylic acids is 1. The molecule has 0 saturated carbocycles. The molecule has 0 saturated heterocycles.